The SMILES string of the molecule is N#Cc1cc([C@H](O)c2c(C3CCOCC3)nc3c(c2C2=CCOCC2)C(O)CC2(CCC2)C3)ccc1C(F)(F)F. The van der Waals surface area contributed by atoms with Crippen molar-refractivity contribution in [3.63, 3.8) is 0 Å². The molecule has 40 heavy (non-hydrogen) atoms. The van der Waals surface area contributed by atoms with Crippen molar-refractivity contribution in [2.24, 2.45) is 5.41 Å². The van der Waals surface area contributed by atoms with Gasteiger partial charge in [-0.2, -0.15) is 18.4 Å². The van der Waals surface area contributed by atoms with Gasteiger partial charge >= 0.3 is 6.18 Å². The van der Waals surface area contributed by atoms with Crippen LogP contribution in [0.5, 0.6) is 0 Å². The van der Waals surface area contributed by atoms with Crippen molar-refractivity contribution in [2.45, 2.75) is 75.7 Å². The van der Waals surface area contributed by atoms with Crippen LogP contribution in [-0.2, 0) is 22.1 Å². The molecule has 2 N–H and O–H groups in total. The van der Waals surface area contributed by atoms with Gasteiger partial charge in [-0.15, -0.1) is 0 Å². The molecule has 2 aromatic rings. The lowest BCUT2D eigenvalue weighted by Crippen LogP contribution is -2.39. The fourth-order valence-corrected chi connectivity index (χ4v) is 7.07. The molecular formula is C31H33F3N2O4. The van der Waals surface area contributed by atoms with Gasteiger partial charge in [0.05, 0.1) is 42.2 Å². The van der Waals surface area contributed by atoms with Gasteiger partial charge < -0.3 is 19.7 Å². The Bertz CT molecular complexity index is 1370. The number of nitriles is 1. The monoisotopic (exact) mass is 554 g/mol. The summed E-state index contributed by atoms with van der Waals surface area (Å²) in [5.74, 6) is -0.0100. The Balaban J connectivity index is 1.58. The van der Waals surface area contributed by atoms with E-state index in [1.165, 1.54) is 6.07 Å². The largest absolute Gasteiger partial charge is 0.417 e. The van der Waals surface area contributed by atoms with Gasteiger partial charge in [0.2, 0.25) is 0 Å². The molecular weight excluding hydrogens is 521 g/mol. The minimum absolute atomic E-state index is 0.0100. The van der Waals surface area contributed by atoms with Crippen LogP contribution in [0.3, 0.4) is 0 Å². The number of aromatic nitrogens is 1. The van der Waals surface area contributed by atoms with E-state index in [0.29, 0.717) is 57.7 Å². The van der Waals surface area contributed by atoms with Crippen molar-refractivity contribution in [1.82, 2.24) is 4.98 Å². The highest BCUT2D eigenvalue weighted by atomic mass is 19.4. The third-order valence-electron chi connectivity index (χ3n) is 9.25. The van der Waals surface area contributed by atoms with Crippen molar-refractivity contribution in [3.05, 3.63) is 69.0 Å². The second-order valence-electron chi connectivity index (χ2n) is 11.7. The number of fused-ring (bicyclic) bond motifs is 1. The zero-order valence-corrected chi connectivity index (χ0v) is 22.3. The highest BCUT2D eigenvalue weighted by Crippen LogP contribution is 2.55. The minimum atomic E-state index is -4.69. The Labute approximate surface area is 231 Å². The molecule has 2 atom stereocenters. The fraction of sp³-hybridized carbons (Fsp3) is 0.548. The van der Waals surface area contributed by atoms with Crippen LogP contribution in [0.15, 0.2) is 24.3 Å². The number of nitrogens with zero attached hydrogens (tertiary/aromatic N) is 2. The molecule has 3 heterocycles. The van der Waals surface area contributed by atoms with Crippen LogP contribution in [0, 0.1) is 16.7 Å². The molecule has 0 amide bonds. The predicted octanol–water partition coefficient (Wildman–Crippen LogP) is 5.90. The van der Waals surface area contributed by atoms with Crippen LogP contribution >= 0.6 is 0 Å². The summed E-state index contributed by atoms with van der Waals surface area (Å²) in [6.07, 6.45) is 1.81. The number of alkyl halides is 3. The van der Waals surface area contributed by atoms with Gasteiger partial charge in [0, 0.05) is 36.0 Å². The first-order valence-electron chi connectivity index (χ1n) is 14.1. The number of hydrogen-bond donors (Lipinski definition) is 2. The maximum atomic E-state index is 13.6. The van der Waals surface area contributed by atoms with E-state index in [-0.39, 0.29) is 16.9 Å². The molecule has 1 saturated carbocycles. The number of benzene rings is 1. The normalized spacial score (nSPS) is 23.6. The van der Waals surface area contributed by atoms with Crippen LogP contribution < -0.4 is 0 Å². The molecule has 4 aliphatic rings. The molecule has 0 radical (unpaired) electrons. The summed E-state index contributed by atoms with van der Waals surface area (Å²) < 4.78 is 51.9. The van der Waals surface area contributed by atoms with Crippen LogP contribution in [0.1, 0.15) is 108 Å². The molecule has 1 spiro atoms. The summed E-state index contributed by atoms with van der Waals surface area (Å²) in [5, 5.41) is 33.1. The van der Waals surface area contributed by atoms with Gasteiger partial charge in [0.25, 0.3) is 0 Å². The summed E-state index contributed by atoms with van der Waals surface area (Å²) in [7, 11) is 0. The third kappa shape index (κ3) is 4.85. The molecule has 0 bridgehead atoms. The summed E-state index contributed by atoms with van der Waals surface area (Å²) >= 11 is 0. The number of aliphatic hydroxyl groups excluding tert-OH is 2. The average Bonchev–Trinajstić information content (AvgIpc) is 2.95. The van der Waals surface area contributed by atoms with E-state index in [9.17, 15) is 28.6 Å². The molecule has 1 aromatic carbocycles. The van der Waals surface area contributed by atoms with Crippen molar-refractivity contribution < 1.29 is 32.9 Å². The third-order valence-corrected chi connectivity index (χ3v) is 9.25. The average molecular weight is 555 g/mol. The summed E-state index contributed by atoms with van der Waals surface area (Å²) in [5.41, 5.74) is 3.19. The van der Waals surface area contributed by atoms with Gasteiger partial charge in [0.1, 0.15) is 6.10 Å². The Morgan fingerprint density at radius 3 is 2.52 bits per heavy atom. The zero-order chi connectivity index (χ0) is 28.1. The van der Waals surface area contributed by atoms with E-state index >= 15 is 0 Å². The number of halogens is 3. The highest BCUT2D eigenvalue weighted by molar-refractivity contribution is 5.75. The molecule has 2 fully saturated rings. The first-order valence-corrected chi connectivity index (χ1v) is 14.1. The van der Waals surface area contributed by atoms with Crippen molar-refractivity contribution in [3.8, 4) is 6.07 Å². The van der Waals surface area contributed by atoms with E-state index in [0.717, 1.165) is 65.9 Å². The van der Waals surface area contributed by atoms with Crippen LogP contribution in [0.2, 0.25) is 0 Å². The van der Waals surface area contributed by atoms with E-state index in [1.54, 1.807) is 6.07 Å². The quantitative estimate of drug-likeness (QED) is 0.489. The van der Waals surface area contributed by atoms with Crippen LogP contribution in [-0.4, -0.2) is 41.6 Å². The maximum Gasteiger partial charge on any atom is 0.417 e. The topological polar surface area (TPSA) is 95.6 Å². The number of aliphatic hydroxyl groups is 2. The minimum Gasteiger partial charge on any atom is -0.388 e. The molecule has 1 saturated heterocycles. The molecule has 212 valence electrons. The zero-order valence-electron chi connectivity index (χ0n) is 22.3. The predicted molar refractivity (Wildman–Crippen MR) is 140 cm³/mol. The van der Waals surface area contributed by atoms with Gasteiger partial charge in [-0.1, -0.05) is 18.6 Å². The van der Waals surface area contributed by atoms with Crippen molar-refractivity contribution in [2.75, 3.05) is 26.4 Å². The van der Waals surface area contributed by atoms with Crippen molar-refractivity contribution >= 4 is 5.57 Å². The highest BCUT2D eigenvalue weighted by Gasteiger charge is 2.46. The lowest BCUT2D eigenvalue weighted by atomic mass is 9.59. The molecule has 2 aliphatic heterocycles. The van der Waals surface area contributed by atoms with Crippen LogP contribution in [0.25, 0.3) is 5.57 Å². The molecule has 6 rings (SSSR count). The Morgan fingerprint density at radius 2 is 1.90 bits per heavy atom. The smallest absolute Gasteiger partial charge is 0.388 e. The molecule has 1 unspecified atom stereocenters. The fourth-order valence-electron chi connectivity index (χ4n) is 7.07. The van der Waals surface area contributed by atoms with E-state index < -0.39 is 29.5 Å². The summed E-state index contributed by atoms with van der Waals surface area (Å²) in [6.45, 7) is 1.99. The first-order chi connectivity index (χ1) is 19.2. The molecule has 9 heteroatoms. The van der Waals surface area contributed by atoms with Gasteiger partial charge in [-0.3, -0.25) is 4.98 Å². The molecule has 1 aromatic heterocycles. The second-order valence-corrected chi connectivity index (χ2v) is 11.7. The Hall–Kier alpha value is -2.77. The maximum absolute atomic E-state index is 13.6. The Morgan fingerprint density at radius 1 is 1.12 bits per heavy atom. The number of hydrogen-bond acceptors (Lipinski definition) is 6. The summed E-state index contributed by atoms with van der Waals surface area (Å²) in [4.78, 5) is 5.19. The van der Waals surface area contributed by atoms with Crippen LogP contribution in [0.4, 0.5) is 13.2 Å². The number of ether oxygens (including phenoxy) is 2. The number of pyridine rings is 1. The lowest BCUT2D eigenvalue weighted by molar-refractivity contribution is -0.137. The first kappa shape index (κ1) is 27.4. The number of rotatable bonds is 4. The lowest BCUT2D eigenvalue weighted by Gasteiger charge is -2.48. The molecule has 2 aliphatic carbocycles. The van der Waals surface area contributed by atoms with E-state index in [2.05, 4.69) is 0 Å². The second kappa shape index (κ2) is 10.6. The van der Waals surface area contributed by atoms with Crippen molar-refractivity contribution in [1.29, 1.82) is 5.26 Å². The van der Waals surface area contributed by atoms with Gasteiger partial charge in [-0.25, -0.2) is 0 Å². The molecule has 6 nitrogen and oxygen atoms in total. The summed E-state index contributed by atoms with van der Waals surface area (Å²) in [6, 6.07) is 4.88. The van der Waals surface area contributed by atoms with E-state index in [1.807, 2.05) is 6.08 Å². The van der Waals surface area contributed by atoms with E-state index in [4.69, 9.17) is 14.5 Å². The van der Waals surface area contributed by atoms with Gasteiger partial charge in [-0.05, 0) is 79.2 Å². The standard InChI is InChI=1S/C31H33F3N2O4/c32-31(33,34)22-3-2-20(14-21(22)17-35)29(38)27-25(18-4-10-39-11-5-18)26-23(15-30(8-1-9-30)16-24(26)37)36-28(27)19-6-12-40-13-7-19/h2-4,14,19,24,29,37-38H,1,5-13,15-16H2/t24?,29-/m0/s1. The van der Waals surface area contributed by atoms with Gasteiger partial charge in [0.15, 0.2) is 0 Å². The Kier molecular flexibility index (Phi) is 7.24.